The molecule has 0 radical (unpaired) electrons. The molecule has 0 bridgehead atoms. The standard InChI is InChI=1S/C5HF9O2S/c6-2(7,8)1(15)17-3(16,4(9,10)11)5(12,13)14/h16H. The second kappa shape index (κ2) is 4.23. The van der Waals surface area contributed by atoms with Gasteiger partial charge in [-0.1, -0.05) is 0 Å². The van der Waals surface area contributed by atoms with Crippen LogP contribution in [-0.2, 0) is 4.79 Å². The van der Waals surface area contributed by atoms with E-state index >= 15 is 0 Å². The highest BCUT2D eigenvalue weighted by atomic mass is 32.2. The number of aliphatic hydroxyl groups is 1. The van der Waals surface area contributed by atoms with Crippen molar-refractivity contribution in [3.05, 3.63) is 0 Å². The molecule has 1 N–H and O–H groups in total. The third-order valence-corrected chi connectivity index (χ3v) is 2.42. The molecule has 0 aliphatic heterocycles. The van der Waals surface area contributed by atoms with E-state index in [0.29, 0.717) is 0 Å². The lowest BCUT2D eigenvalue weighted by molar-refractivity contribution is -0.327. The highest BCUT2D eigenvalue weighted by Gasteiger charge is 2.73. The summed E-state index contributed by atoms with van der Waals surface area (Å²) in [6.45, 7) is 0. The first kappa shape index (κ1) is 16.4. The lowest BCUT2D eigenvalue weighted by Gasteiger charge is -2.30. The molecule has 0 saturated heterocycles. The van der Waals surface area contributed by atoms with Crippen LogP contribution in [0.2, 0.25) is 0 Å². The van der Waals surface area contributed by atoms with E-state index in [1.54, 1.807) is 0 Å². The van der Waals surface area contributed by atoms with Gasteiger partial charge in [0.1, 0.15) is 0 Å². The zero-order valence-electron chi connectivity index (χ0n) is 7.17. The number of carbonyl (C=O) groups excluding carboxylic acids is 1. The van der Waals surface area contributed by atoms with Crippen LogP contribution in [0.1, 0.15) is 0 Å². The predicted molar refractivity (Wildman–Crippen MR) is 35.7 cm³/mol. The van der Waals surface area contributed by atoms with E-state index in [-0.39, 0.29) is 0 Å². The molecule has 0 aromatic rings. The SMILES string of the molecule is O=C(SC(O)(C(F)(F)F)C(F)(F)F)C(F)(F)F. The average Bonchev–Trinajstić information content (AvgIpc) is 1.97. The van der Waals surface area contributed by atoms with E-state index < -0.39 is 40.3 Å². The smallest absolute Gasteiger partial charge is 0.364 e. The van der Waals surface area contributed by atoms with E-state index in [1.807, 2.05) is 0 Å². The summed E-state index contributed by atoms with van der Waals surface area (Å²) in [5.41, 5.74) is 0. The highest BCUT2D eigenvalue weighted by Crippen LogP contribution is 2.51. The van der Waals surface area contributed by atoms with Crippen LogP contribution in [0.25, 0.3) is 0 Å². The van der Waals surface area contributed by atoms with Gasteiger partial charge in [-0.25, -0.2) is 0 Å². The van der Waals surface area contributed by atoms with Gasteiger partial charge in [-0.2, -0.15) is 39.5 Å². The number of carbonyl (C=O) groups is 1. The van der Waals surface area contributed by atoms with E-state index in [2.05, 4.69) is 0 Å². The molecule has 17 heavy (non-hydrogen) atoms. The summed E-state index contributed by atoms with van der Waals surface area (Å²) in [6, 6.07) is 0. The fourth-order valence-corrected chi connectivity index (χ4v) is 1.08. The first-order valence-corrected chi connectivity index (χ1v) is 4.10. The third-order valence-electron chi connectivity index (χ3n) is 1.24. The number of rotatable bonds is 1. The third kappa shape index (κ3) is 3.40. The Morgan fingerprint density at radius 2 is 1.12 bits per heavy atom. The molecule has 0 amide bonds. The van der Waals surface area contributed by atoms with Crippen LogP contribution >= 0.6 is 11.8 Å². The normalized spacial score (nSPS) is 14.9. The monoisotopic (exact) mass is 296 g/mol. The summed E-state index contributed by atoms with van der Waals surface area (Å²) >= 11 is -2.29. The van der Waals surface area contributed by atoms with Crippen molar-refractivity contribution in [3.63, 3.8) is 0 Å². The van der Waals surface area contributed by atoms with Crippen molar-refractivity contribution in [1.82, 2.24) is 0 Å². The molecule has 0 spiro atoms. The summed E-state index contributed by atoms with van der Waals surface area (Å²) in [4.78, 5) is 4.25. The van der Waals surface area contributed by atoms with Crippen molar-refractivity contribution < 1.29 is 49.4 Å². The van der Waals surface area contributed by atoms with Gasteiger partial charge in [0, 0.05) is 0 Å². The van der Waals surface area contributed by atoms with Gasteiger partial charge in [0.2, 0.25) is 0 Å². The molecule has 0 aliphatic carbocycles. The molecule has 2 nitrogen and oxygen atoms in total. The van der Waals surface area contributed by atoms with Gasteiger partial charge in [-0.3, -0.25) is 4.79 Å². The molecule has 0 saturated carbocycles. The van der Waals surface area contributed by atoms with Gasteiger partial charge in [0.05, 0.1) is 0 Å². The van der Waals surface area contributed by atoms with Crippen molar-refractivity contribution in [2.45, 2.75) is 23.5 Å². The molecular formula is C5HF9O2S. The average molecular weight is 296 g/mol. The highest BCUT2D eigenvalue weighted by molar-refractivity contribution is 8.14. The fourth-order valence-electron chi connectivity index (χ4n) is 0.468. The Balaban J connectivity index is 5.35. The number of hydrogen-bond acceptors (Lipinski definition) is 3. The van der Waals surface area contributed by atoms with Gasteiger partial charge < -0.3 is 5.11 Å². The summed E-state index contributed by atoms with van der Waals surface area (Å²) in [6.07, 6.45) is -18.9. The van der Waals surface area contributed by atoms with E-state index in [4.69, 9.17) is 5.11 Å². The molecule has 0 fully saturated rings. The molecule has 0 atom stereocenters. The minimum absolute atomic E-state index is 2.29. The molecular weight excluding hydrogens is 295 g/mol. The zero-order chi connectivity index (χ0) is 14.3. The van der Waals surface area contributed by atoms with E-state index in [1.165, 1.54) is 0 Å². The largest absolute Gasteiger partial charge is 0.461 e. The Hall–Kier alpha value is -0.650. The first-order valence-electron chi connectivity index (χ1n) is 3.29. The van der Waals surface area contributed by atoms with Crippen molar-refractivity contribution in [3.8, 4) is 0 Å². The number of halogens is 9. The van der Waals surface area contributed by atoms with Crippen LogP contribution in [0, 0.1) is 0 Å². The Morgan fingerprint density at radius 3 is 1.29 bits per heavy atom. The fraction of sp³-hybridized carbons (Fsp3) is 0.800. The van der Waals surface area contributed by atoms with Crippen LogP contribution in [-0.4, -0.2) is 33.7 Å². The zero-order valence-corrected chi connectivity index (χ0v) is 7.98. The summed E-state index contributed by atoms with van der Waals surface area (Å²) in [5.74, 6) is 0. The molecule has 0 aliphatic rings. The Labute approximate surface area is 90.8 Å². The maximum Gasteiger partial charge on any atom is 0.461 e. The van der Waals surface area contributed by atoms with Crippen LogP contribution in [0.15, 0.2) is 0 Å². The molecule has 0 rings (SSSR count). The first-order chi connectivity index (χ1) is 7.13. The summed E-state index contributed by atoms with van der Waals surface area (Å²) in [7, 11) is 0. The Kier molecular flexibility index (Phi) is 4.06. The van der Waals surface area contributed by atoms with Crippen molar-refractivity contribution in [2.75, 3.05) is 0 Å². The second-order valence-corrected chi connectivity index (χ2v) is 3.69. The van der Waals surface area contributed by atoms with Crippen molar-refractivity contribution in [2.24, 2.45) is 0 Å². The second-order valence-electron chi connectivity index (χ2n) is 2.53. The molecule has 12 heteroatoms. The number of thioether (sulfide) groups is 1. The molecule has 102 valence electrons. The Bertz CT molecular complexity index is 286. The summed E-state index contributed by atoms with van der Waals surface area (Å²) < 4.78 is 106. The van der Waals surface area contributed by atoms with Crippen molar-refractivity contribution in [1.29, 1.82) is 0 Å². The van der Waals surface area contributed by atoms with Crippen LogP contribution in [0.5, 0.6) is 0 Å². The van der Waals surface area contributed by atoms with Gasteiger partial charge in [0.15, 0.2) is 0 Å². The van der Waals surface area contributed by atoms with Gasteiger partial charge >= 0.3 is 23.5 Å². The molecule has 0 heterocycles. The van der Waals surface area contributed by atoms with Crippen LogP contribution < -0.4 is 0 Å². The molecule has 0 unspecified atom stereocenters. The lowest BCUT2D eigenvalue weighted by atomic mass is 10.3. The summed E-state index contributed by atoms with van der Waals surface area (Å²) in [5, 5.41) is 4.80. The number of hydrogen-bond donors (Lipinski definition) is 1. The number of alkyl halides is 9. The molecule has 0 aromatic carbocycles. The maximum absolute atomic E-state index is 11.8. The van der Waals surface area contributed by atoms with Crippen LogP contribution in [0.4, 0.5) is 39.5 Å². The minimum atomic E-state index is -6.49. The van der Waals surface area contributed by atoms with Crippen molar-refractivity contribution >= 4 is 16.9 Å². The van der Waals surface area contributed by atoms with Gasteiger partial charge in [-0.05, 0) is 11.8 Å². The maximum atomic E-state index is 11.8. The van der Waals surface area contributed by atoms with Crippen LogP contribution in [0.3, 0.4) is 0 Å². The topological polar surface area (TPSA) is 37.3 Å². The van der Waals surface area contributed by atoms with Gasteiger partial charge in [-0.15, -0.1) is 0 Å². The van der Waals surface area contributed by atoms with E-state index in [9.17, 15) is 44.3 Å². The Morgan fingerprint density at radius 1 is 0.824 bits per heavy atom. The minimum Gasteiger partial charge on any atom is -0.364 e. The van der Waals surface area contributed by atoms with Gasteiger partial charge in [0.25, 0.3) is 5.12 Å². The lowest BCUT2D eigenvalue weighted by Crippen LogP contribution is -2.55. The predicted octanol–water partition coefficient (Wildman–Crippen LogP) is 2.62. The van der Waals surface area contributed by atoms with E-state index in [0.717, 1.165) is 0 Å². The molecule has 0 aromatic heterocycles. The quantitative estimate of drug-likeness (QED) is 0.597.